The summed E-state index contributed by atoms with van der Waals surface area (Å²) >= 11 is 0. The number of amides is 2. The topological polar surface area (TPSA) is 63.7 Å². The van der Waals surface area contributed by atoms with Crippen molar-refractivity contribution in [1.29, 1.82) is 0 Å². The smallest absolute Gasteiger partial charge is 0.326 e. The van der Waals surface area contributed by atoms with Gasteiger partial charge in [0.1, 0.15) is 6.54 Å². The van der Waals surface area contributed by atoms with Gasteiger partial charge in [0.05, 0.1) is 6.61 Å². The third-order valence-corrected chi connectivity index (χ3v) is 4.89. The average molecular weight is 291 g/mol. The first kappa shape index (κ1) is 14.3. The second kappa shape index (κ2) is 6.00. The van der Waals surface area contributed by atoms with E-state index >= 15 is 0 Å². The van der Waals surface area contributed by atoms with E-state index in [1.807, 2.05) is 0 Å². The molecule has 2 fully saturated rings. The lowest BCUT2D eigenvalue weighted by atomic mass is 10.1. The third kappa shape index (κ3) is 3.17. The molecule has 1 saturated carbocycles. The number of hydrogen-bond donors (Lipinski definition) is 0. The lowest BCUT2D eigenvalue weighted by Crippen LogP contribution is -2.35. The van der Waals surface area contributed by atoms with Crippen LogP contribution in [0.5, 0.6) is 0 Å². The van der Waals surface area contributed by atoms with E-state index in [0.717, 1.165) is 17.7 Å². The highest BCUT2D eigenvalue weighted by molar-refractivity contribution is 6.04. The van der Waals surface area contributed by atoms with Crippen LogP contribution in [-0.2, 0) is 19.1 Å². The van der Waals surface area contributed by atoms with E-state index < -0.39 is 5.97 Å². The summed E-state index contributed by atoms with van der Waals surface area (Å²) in [6.45, 7) is 0.214. The SMILES string of the molecule is O=C(CN1C(=O)CCC1=O)OC[C@@H]1[C@@H]2CC/C=C\CC[C@@H]21. The van der Waals surface area contributed by atoms with Crippen molar-refractivity contribution >= 4 is 17.8 Å². The Hall–Kier alpha value is -1.65. The highest BCUT2D eigenvalue weighted by Crippen LogP contribution is 2.52. The standard InChI is InChI=1S/C16H21NO4/c18-14-7-8-15(19)17(14)9-16(20)21-10-13-11-5-3-1-2-4-6-12(11)13/h1-2,11-13H,3-10H2/b2-1-/t11-,12+,13-. The molecule has 0 N–H and O–H groups in total. The Morgan fingerprint density at radius 2 is 1.67 bits per heavy atom. The molecule has 3 rings (SSSR count). The molecule has 1 saturated heterocycles. The minimum Gasteiger partial charge on any atom is -0.464 e. The van der Waals surface area contributed by atoms with E-state index in [2.05, 4.69) is 12.2 Å². The van der Waals surface area contributed by atoms with Crippen LogP contribution < -0.4 is 0 Å². The maximum atomic E-state index is 11.8. The molecule has 0 aromatic rings. The van der Waals surface area contributed by atoms with Gasteiger partial charge in [-0.1, -0.05) is 12.2 Å². The first-order chi connectivity index (χ1) is 10.2. The molecule has 0 radical (unpaired) electrons. The van der Waals surface area contributed by atoms with Crippen molar-refractivity contribution in [3.63, 3.8) is 0 Å². The zero-order chi connectivity index (χ0) is 14.8. The van der Waals surface area contributed by atoms with Crippen LogP contribution in [0.25, 0.3) is 0 Å². The van der Waals surface area contributed by atoms with Gasteiger partial charge in [0, 0.05) is 12.8 Å². The van der Waals surface area contributed by atoms with Crippen LogP contribution in [0.4, 0.5) is 0 Å². The third-order valence-electron chi connectivity index (χ3n) is 4.89. The van der Waals surface area contributed by atoms with E-state index in [1.54, 1.807) is 0 Å². The van der Waals surface area contributed by atoms with E-state index in [9.17, 15) is 14.4 Å². The van der Waals surface area contributed by atoms with Gasteiger partial charge in [-0.15, -0.1) is 0 Å². The molecular weight excluding hydrogens is 270 g/mol. The normalized spacial score (nSPS) is 33.1. The van der Waals surface area contributed by atoms with Gasteiger partial charge in [-0.25, -0.2) is 0 Å². The molecule has 2 aliphatic carbocycles. The van der Waals surface area contributed by atoms with Gasteiger partial charge in [0.25, 0.3) is 0 Å². The Bertz CT molecular complexity index is 453. The molecule has 0 aromatic carbocycles. The predicted molar refractivity (Wildman–Crippen MR) is 75.0 cm³/mol. The number of ether oxygens (including phenoxy) is 1. The van der Waals surface area contributed by atoms with Gasteiger partial charge in [-0.2, -0.15) is 0 Å². The highest BCUT2D eigenvalue weighted by Gasteiger charge is 2.49. The minimum atomic E-state index is -0.462. The molecule has 5 nitrogen and oxygen atoms in total. The van der Waals surface area contributed by atoms with Crippen LogP contribution in [0.15, 0.2) is 12.2 Å². The van der Waals surface area contributed by atoms with Crippen molar-refractivity contribution in [3.05, 3.63) is 12.2 Å². The van der Waals surface area contributed by atoms with Crippen molar-refractivity contribution < 1.29 is 19.1 Å². The molecule has 0 unspecified atom stereocenters. The molecule has 1 aliphatic heterocycles. The Balaban J connectivity index is 1.42. The number of esters is 1. The predicted octanol–water partition coefficient (Wildman–Crippen LogP) is 1.67. The first-order valence-electron chi connectivity index (χ1n) is 7.80. The van der Waals surface area contributed by atoms with Crippen molar-refractivity contribution in [2.45, 2.75) is 38.5 Å². The summed E-state index contributed by atoms with van der Waals surface area (Å²) in [6, 6.07) is 0. The van der Waals surface area contributed by atoms with Gasteiger partial charge < -0.3 is 4.74 Å². The Morgan fingerprint density at radius 1 is 1.10 bits per heavy atom. The fourth-order valence-electron chi connectivity index (χ4n) is 3.60. The summed E-state index contributed by atoms with van der Waals surface area (Å²) in [7, 11) is 0. The van der Waals surface area contributed by atoms with Crippen molar-refractivity contribution in [2.24, 2.45) is 17.8 Å². The molecule has 2 amide bonds. The first-order valence-corrected chi connectivity index (χ1v) is 7.80. The summed E-state index contributed by atoms with van der Waals surface area (Å²) in [4.78, 5) is 35.7. The zero-order valence-corrected chi connectivity index (χ0v) is 12.1. The number of nitrogens with zero attached hydrogens (tertiary/aromatic N) is 1. The maximum absolute atomic E-state index is 11.8. The number of allylic oxidation sites excluding steroid dienone is 2. The molecular formula is C16H21NO4. The van der Waals surface area contributed by atoms with E-state index in [4.69, 9.17) is 4.74 Å². The fourth-order valence-corrected chi connectivity index (χ4v) is 3.60. The minimum absolute atomic E-state index is 0.214. The van der Waals surface area contributed by atoms with E-state index in [0.29, 0.717) is 24.4 Å². The monoisotopic (exact) mass is 291 g/mol. The number of fused-ring (bicyclic) bond motifs is 1. The lowest BCUT2D eigenvalue weighted by molar-refractivity contribution is -0.152. The number of carbonyl (C=O) groups excluding carboxylic acids is 3. The summed E-state index contributed by atoms with van der Waals surface area (Å²) in [5, 5.41) is 0. The summed E-state index contributed by atoms with van der Waals surface area (Å²) in [5.74, 6) is 0.831. The molecule has 1 heterocycles. The Morgan fingerprint density at radius 3 is 2.24 bits per heavy atom. The van der Waals surface area contributed by atoms with Gasteiger partial charge in [0.15, 0.2) is 0 Å². The van der Waals surface area contributed by atoms with Crippen LogP contribution in [-0.4, -0.2) is 35.8 Å². The van der Waals surface area contributed by atoms with Gasteiger partial charge in [-0.3, -0.25) is 19.3 Å². The van der Waals surface area contributed by atoms with Crippen molar-refractivity contribution in [2.75, 3.05) is 13.2 Å². The van der Waals surface area contributed by atoms with Crippen LogP contribution in [0.2, 0.25) is 0 Å². The van der Waals surface area contributed by atoms with Gasteiger partial charge in [-0.05, 0) is 43.4 Å². The number of carbonyl (C=O) groups is 3. The van der Waals surface area contributed by atoms with Crippen LogP contribution in [0, 0.1) is 17.8 Å². The number of imide groups is 1. The molecule has 114 valence electrons. The molecule has 3 aliphatic rings. The number of hydrogen-bond acceptors (Lipinski definition) is 4. The van der Waals surface area contributed by atoms with Crippen molar-refractivity contribution in [3.8, 4) is 0 Å². The molecule has 3 atom stereocenters. The Labute approximate surface area is 124 Å². The Kier molecular flexibility index (Phi) is 4.08. The summed E-state index contributed by atoms with van der Waals surface area (Å²) in [6.07, 6.45) is 9.48. The highest BCUT2D eigenvalue weighted by atomic mass is 16.5. The molecule has 21 heavy (non-hydrogen) atoms. The molecule has 0 spiro atoms. The molecule has 5 heteroatoms. The van der Waals surface area contributed by atoms with Crippen LogP contribution >= 0.6 is 0 Å². The second-order valence-electron chi connectivity index (χ2n) is 6.17. The van der Waals surface area contributed by atoms with Gasteiger partial charge in [0.2, 0.25) is 11.8 Å². The quantitative estimate of drug-likeness (QED) is 0.449. The second-order valence-corrected chi connectivity index (χ2v) is 6.17. The van der Waals surface area contributed by atoms with Crippen molar-refractivity contribution in [1.82, 2.24) is 4.90 Å². The average Bonchev–Trinajstić information content (AvgIpc) is 2.98. The summed E-state index contributed by atoms with van der Waals surface area (Å²) in [5.41, 5.74) is 0. The number of rotatable bonds is 4. The largest absolute Gasteiger partial charge is 0.464 e. The molecule has 0 aromatic heterocycles. The fraction of sp³-hybridized carbons (Fsp3) is 0.688. The van der Waals surface area contributed by atoms with Crippen LogP contribution in [0.3, 0.4) is 0 Å². The van der Waals surface area contributed by atoms with E-state index in [1.165, 1.54) is 12.8 Å². The lowest BCUT2D eigenvalue weighted by Gasteiger charge is -2.12. The number of likely N-dealkylation sites (tertiary alicyclic amines) is 1. The molecule has 0 bridgehead atoms. The van der Waals surface area contributed by atoms with Crippen LogP contribution in [0.1, 0.15) is 38.5 Å². The summed E-state index contributed by atoms with van der Waals surface area (Å²) < 4.78 is 5.29. The zero-order valence-electron chi connectivity index (χ0n) is 12.1. The maximum Gasteiger partial charge on any atom is 0.326 e. The van der Waals surface area contributed by atoms with Gasteiger partial charge >= 0.3 is 5.97 Å². The van der Waals surface area contributed by atoms with E-state index in [-0.39, 0.29) is 31.2 Å².